The fourth-order valence-electron chi connectivity index (χ4n) is 2.10. The van der Waals surface area contributed by atoms with E-state index in [-0.39, 0.29) is 24.0 Å². The van der Waals surface area contributed by atoms with E-state index in [1.165, 1.54) is 0 Å². The molecule has 1 fully saturated rings. The summed E-state index contributed by atoms with van der Waals surface area (Å²) in [5.74, 6) is 1.11. The van der Waals surface area contributed by atoms with E-state index in [1.54, 1.807) is 12.1 Å². The van der Waals surface area contributed by atoms with Gasteiger partial charge in [-0.2, -0.15) is 0 Å². The molecule has 0 aliphatic carbocycles. The second-order valence-electron chi connectivity index (χ2n) is 5.65. The lowest BCUT2D eigenvalue weighted by atomic mass is 10.0. The SMILES string of the molecule is CC(C)(C)Oc1ccc(O)c([C@@H]2CNCCN2)c1.Cl. The van der Waals surface area contributed by atoms with Gasteiger partial charge in [0.2, 0.25) is 0 Å². The van der Waals surface area contributed by atoms with E-state index in [0.29, 0.717) is 5.75 Å². The van der Waals surface area contributed by atoms with Gasteiger partial charge in [0.25, 0.3) is 0 Å². The van der Waals surface area contributed by atoms with Gasteiger partial charge >= 0.3 is 0 Å². The highest BCUT2D eigenvalue weighted by atomic mass is 35.5. The Labute approximate surface area is 121 Å². The van der Waals surface area contributed by atoms with Crippen molar-refractivity contribution in [3.05, 3.63) is 23.8 Å². The number of piperazine rings is 1. The third-order valence-corrected chi connectivity index (χ3v) is 2.84. The van der Waals surface area contributed by atoms with Crippen LogP contribution in [-0.2, 0) is 0 Å². The van der Waals surface area contributed by atoms with Gasteiger partial charge in [0.15, 0.2) is 0 Å². The van der Waals surface area contributed by atoms with Gasteiger partial charge in [-0.05, 0) is 39.0 Å². The minimum atomic E-state index is -0.230. The predicted octanol–water partition coefficient (Wildman–Crippen LogP) is 2.23. The molecule has 5 heteroatoms. The zero-order chi connectivity index (χ0) is 13.2. The zero-order valence-corrected chi connectivity index (χ0v) is 12.5. The average Bonchev–Trinajstić information content (AvgIpc) is 2.31. The monoisotopic (exact) mass is 286 g/mol. The summed E-state index contributed by atoms with van der Waals surface area (Å²) in [7, 11) is 0. The number of hydrogen-bond donors (Lipinski definition) is 3. The highest BCUT2D eigenvalue weighted by molar-refractivity contribution is 5.85. The maximum Gasteiger partial charge on any atom is 0.120 e. The summed E-state index contributed by atoms with van der Waals surface area (Å²) in [6, 6.07) is 5.57. The molecule has 1 atom stereocenters. The Kier molecular flexibility index (Phi) is 5.47. The lowest BCUT2D eigenvalue weighted by molar-refractivity contribution is 0.130. The summed E-state index contributed by atoms with van der Waals surface area (Å²) >= 11 is 0. The smallest absolute Gasteiger partial charge is 0.120 e. The van der Waals surface area contributed by atoms with E-state index in [0.717, 1.165) is 30.9 Å². The summed E-state index contributed by atoms with van der Waals surface area (Å²) in [5, 5.41) is 16.7. The van der Waals surface area contributed by atoms with Crippen molar-refractivity contribution in [2.24, 2.45) is 0 Å². The molecular weight excluding hydrogens is 264 g/mol. The summed E-state index contributed by atoms with van der Waals surface area (Å²) in [6.45, 7) is 8.75. The topological polar surface area (TPSA) is 53.5 Å². The van der Waals surface area contributed by atoms with Crippen LogP contribution in [0.2, 0.25) is 0 Å². The first-order valence-electron chi connectivity index (χ1n) is 6.42. The fraction of sp³-hybridized carbons (Fsp3) is 0.571. The number of halogens is 1. The Morgan fingerprint density at radius 1 is 1.26 bits per heavy atom. The van der Waals surface area contributed by atoms with Gasteiger partial charge in [-0.1, -0.05) is 0 Å². The van der Waals surface area contributed by atoms with Crippen molar-refractivity contribution in [3.8, 4) is 11.5 Å². The zero-order valence-electron chi connectivity index (χ0n) is 11.7. The highest BCUT2D eigenvalue weighted by Crippen LogP contribution is 2.30. The fourth-order valence-corrected chi connectivity index (χ4v) is 2.10. The number of benzene rings is 1. The molecule has 108 valence electrons. The molecule has 4 nitrogen and oxygen atoms in total. The molecule has 2 rings (SSSR count). The van der Waals surface area contributed by atoms with Crippen LogP contribution in [0, 0.1) is 0 Å². The number of phenols is 1. The van der Waals surface area contributed by atoms with Crippen LogP contribution in [0.15, 0.2) is 18.2 Å². The minimum Gasteiger partial charge on any atom is -0.508 e. The standard InChI is InChI=1S/C14H22N2O2.ClH/c1-14(2,3)18-10-4-5-13(17)11(8-10)12-9-15-6-7-16-12;/h4-5,8,12,15-17H,6-7,9H2,1-3H3;1H/t12-;/m0./s1. The van der Waals surface area contributed by atoms with Crippen LogP contribution >= 0.6 is 12.4 Å². The molecule has 1 heterocycles. The van der Waals surface area contributed by atoms with Gasteiger partial charge in [0.05, 0.1) is 0 Å². The Hall–Kier alpha value is -0.970. The normalized spacial score (nSPS) is 19.6. The second kappa shape index (κ2) is 6.46. The molecule has 1 aliphatic rings. The summed E-state index contributed by atoms with van der Waals surface area (Å²) in [4.78, 5) is 0. The van der Waals surface area contributed by atoms with Crippen molar-refractivity contribution >= 4 is 12.4 Å². The van der Waals surface area contributed by atoms with Gasteiger partial charge in [-0.3, -0.25) is 0 Å². The molecule has 0 radical (unpaired) electrons. The van der Waals surface area contributed by atoms with Crippen LogP contribution in [0.1, 0.15) is 32.4 Å². The number of nitrogens with one attached hydrogen (secondary N) is 2. The molecule has 1 saturated heterocycles. The van der Waals surface area contributed by atoms with Crippen molar-refractivity contribution in [1.82, 2.24) is 10.6 Å². The molecule has 1 aliphatic heterocycles. The first-order chi connectivity index (χ1) is 8.46. The predicted molar refractivity (Wildman–Crippen MR) is 79.3 cm³/mol. The maximum absolute atomic E-state index is 9.96. The van der Waals surface area contributed by atoms with E-state index in [1.807, 2.05) is 26.8 Å². The Bertz CT molecular complexity index is 412. The second-order valence-corrected chi connectivity index (χ2v) is 5.65. The van der Waals surface area contributed by atoms with Crippen LogP contribution < -0.4 is 15.4 Å². The lowest BCUT2D eigenvalue weighted by Gasteiger charge is -2.27. The van der Waals surface area contributed by atoms with Gasteiger partial charge < -0.3 is 20.5 Å². The molecule has 3 N–H and O–H groups in total. The highest BCUT2D eigenvalue weighted by Gasteiger charge is 2.19. The molecule has 0 unspecified atom stereocenters. The third kappa shape index (κ3) is 4.56. The van der Waals surface area contributed by atoms with Crippen molar-refractivity contribution in [2.45, 2.75) is 32.4 Å². The van der Waals surface area contributed by atoms with Crippen molar-refractivity contribution in [2.75, 3.05) is 19.6 Å². The van der Waals surface area contributed by atoms with E-state index >= 15 is 0 Å². The van der Waals surface area contributed by atoms with E-state index in [9.17, 15) is 5.11 Å². The molecule has 0 spiro atoms. The van der Waals surface area contributed by atoms with Crippen molar-refractivity contribution in [3.63, 3.8) is 0 Å². The Morgan fingerprint density at radius 3 is 2.58 bits per heavy atom. The van der Waals surface area contributed by atoms with Gasteiger partial charge in [-0.15, -0.1) is 12.4 Å². The number of rotatable bonds is 2. The first kappa shape index (κ1) is 16.1. The van der Waals surface area contributed by atoms with Crippen LogP contribution in [0.5, 0.6) is 11.5 Å². The van der Waals surface area contributed by atoms with Crippen LogP contribution in [0.4, 0.5) is 0 Å². The van der Waals surface area contributed by atoms with E-state index < -0.39 is 0 Å². The van der Waals surface area contributed by atoms with Crippen LogP contribution in [0.25, 0.3) is 0 Å². The first-order valence-corrected chi connectivity index (χ1v) is 6.42. The summed E-state index contributed by atoms with van der Waals surface area (Å²) in [5.41, 5.74) is 0.663. The molecule has 1 aromatic rings. The van der Waals surface area contributed by atoms with Crippen molar-refractivity contribution < 1.29 is 9.84 Å². The number of phenolic OH excluding ortho intramolecular Hbond substituents is 1. The quantitative estimate of drug-likeness (QED) is 0.780. The Morgan fingerprint density at radius 2 is 2.00 bits per heavy atom. The molecule has 0 bridgehead atoms. The third-order valence-electron chi connectivity index (χ3n) is 2.84. The summed E-state index contributed by atoms with van der Waals surface area (Å²) in [6.07, 6.45) is 0. The van der Waals surface area contributed by atoms with Crippen LogP contribution in [-0.4, -0.2) is 30.3 Å². The van der Waals surface area contributed by atoms with Crippen LogP contribution in [0.3, 0.4) is 0 Å². The molecular formula is C14H23ClN2O2. The minimum absolute atomic E-state index is 0. The van der Waals surface area contributed by atoms with E-state index in [4.69, 9.17) is 4.74 Å². The molecule has 0 saturated carbocycles. The largest absolute Gasteiger partial charge is 0.508 e. The molecule has 19 heavy (non-hydrogen) atoms. The number of hydrogen-bond acceptors (Lipinski definition) is 4. The van der Waals surface area contributed by atoms with E-state index in [2.05, 4.69) is 10.6 Å². The Balaban J connectivity index is 0.00000180. The molecule has 1 aromatic carbocycles. The van der Waals surface area contributed by atoms with Gasteiger partial charge in [0.1, 0.15) is 17.1 Å². The summed E-state index contributed by atoms with van der Waals surface area (Å²) < 4.78 is 5.83. The lowest BCUT2D eigenvalue weighted by Crippen LogP contribution is -2.42. The van der Waals surface area contributed by atoms with Crippen molar-refractivity contribution in [1.29, 1.82) is 0 Å². The molecule has 0 amide bonds. The number of aromatic hydroxyl groups is 1. The average molecular weight is 287 g/mol. The van der Waals surface area contributed by atoms with Gasteiger partial charge in [-0.25, -0.2) is 0 Å². The van der Waals surface area contributed by atoms with Gasteiger partial charge in [0, 0.05) is 31.2 Å². The number of ether oxygens (including phenoxy) is 1. The molecule has 0 aromatic heterocycles. The maximum atomic E-state index is 9.96.